The number of nitrogens with zero attached hydrogens (tertiary/aromatic N) is 1. The number of carboxylic acid groups (broad SMARTS) is 1. The minimum atomic E-state index is -4.41. The van der Waals surface area contributed by atoms with Crippen LogP contribution in [0.5, 0.6) is 0 Å². The van der Waals surface area contributed by atoms with Crippen LogP contribution in [0.4, 0.5) is 13.2 Å². The highest BCUT2D eigenvalue weighted by Gasteiger charge is 2.31. The van der Waals surface area contributed by atoms with E-state index in [-0.39, 0.29) is 17.9 Å². The third-order valence-electron chi connectivity index (χ3n) is 4.99. The van der Waals surface area contributed by atoms with E-state index >= 15 is 0 Å². The minimum Gasteiger partial charge on any atom is -0.478 e. The molecule has 1 aliphatic heterocycles. The highest BCUT2D eigenvalue weighted by Crippen LogP contribution is 2.30. The third kappa shape index (κ3) is 4.35. The predicted octanol–water partition coefficient (Wildman–Crippen LogP) is 4.17. The van der Waals surface area contributed by atoms with E-state index in [9.17, 15) is 22.8 Å². The van der Waals surface area contributed by atoms with Crippen molar-refractivity contribution in [1.82, 2.24) is 4.90 Å². The summed E-state index contributed by atoms with van der Waals surface area (Å²) in [5.74, 6) is -1.65. The topological polar surface area (TPSA) is 57.6 Å². The van der Waals surface area contributed by atoms with Gasteiger partial charge in [-0.15, -0.1) is 0 Å². The Morgan fingerprint density at radius 1 is 1.14 bits per heavy atom. The Morgan fingerprint density at radius 3 is 2.57 bits per heavy atom. The van der Waals surface area contributed by atoms with Crippen LogP contribution < -0.4 is 0 Å². The van der Waals surface area contributed by atoms with Crippen LogP contribution in [0.25, 0.3) is 0 Å². The van der Waals surface area contributed by atoms with E-state index in [4.69, 9.17) is 5.11 Å². The summed E-state index contributed by atoms with van der Waals surface area (Å²) in [7, 11) is 0. The number of hydrogen-bond donors (Lipinski definition) is 1. The molecular formula is C21H20F3NO3. The van der Waals surface area contributed by atoms with Gasteiger partial charge in [0.25, 0.3) is 0 Å². The lowest BCUT2D eigenvalue weighted by atomic mass is 9.94. The molecule has 1 N–H and O–H groups in total. The predicted molar refractivity (Wildman–Crippen MR) is 96.8 cm³/mol. The molecule has 1 atom stereocenters. The van der Waals surface area contributed by atoms with Gasteiger partial charge in [0.05, 0.1) is 11.1 Å². The molecule has 0 aromatic heterocycles. The lowest BCUT2D eigenvalue weighted by molar-refractivity contribution is -0.137. The van der Waals surface area contributed by atoms with E-state index in [1.165, 1.54) is 6.07 Å². The van der Waals surface area contributed by atoms with Gasteiger partial charge < -0.3 is 10.0 Å². The zero-order valence-corrected chi connectivity index (χ0v) is 15.3. The van der Waals surface area contributed by atoms with Crippen molar-refractivity contribution in [2.45, 2.75) is 32.5 Å². The van der Waals surface area contributed by atoms with Crippen molar-refractivity contribution in [2.75, 3.05) is 6.54 Å². The fraction of sp³-hybridized carbons (Fsp3) is 0.333. The van der Waals surface area contributed by atoms with Gasteiger partial charge in [-0.2, -0.15) is 13.2 Å². The average molecular weight is 391 g/mol. The zero-order valence-electron chi connectivity index (χ0n) is 15.3. The van der Waals surface area contributed by atoms with Gasteiger partial charge in [0.2, 0.25) is 5.91 Å². The van der Waals surface area contributed by atoms with E-state index in [0.717, 1.165) is 23.3 Å². The van der Waals surface area contributed by atoms with Crippen LogP contribution in [0, 0.1) is 5.92 Å². The fourth-order valence-electron chi connectivity index (χ4n) is 3.51. The van der Waals surface area contributed by atoms with Crippen LogP contribution in [0.15, 0.2) is 42.5 Å². The van der Waals surface area contributed by atoms with Gasteiger partial charge in [0, 0.05) is 19.0 Å². The molecule has 1 unspecified atom stereocenters. The minimum absolute atomic E-state index is 0.149. The van der Waals surface area contributed by atoms with Gasteiger partial charge in [0.15, 0.2) is 0 Å². The monoisotopic (exact) mass is 391 g/mol. The Hall–Kier alpha value is -2.83. The van der Waals surface area contributed by atoms with Crippen molar-refractivity contribution in [1.29, 1.82) is 0 Å². The number of rotatable bonds is 4. The molecule has 0 spiro atoms. The standard InChI is InChI=1S/C21H20F3NO3/c1-13(9-14-3-2-4-18(10-14)21(22,23)24)19(26)25-8-7-15-5-6-16(20(27)28)11-17(15)12-25/h2-6,10-11,13H,7-9,12H2,1H3,(H,27,28). The number of fused-ring (bicyclic) bond motifs is 1. The van der Waals surface area contributed by atoms with Gasteiger partial charge in [0.1, 0.15) is 0 Å². The largest absolute Gasteiger partial charge is 0.478 e. The molecular weight excluding hydrogens is 371 g/mol. The zero-order chi connectivity index (χ0) is 20.5. The Kier molecular flexibility index (Phi) is 5.45. The quantitative estimate of drug-likeness (QED) is 0.851. The van der Waals surface area contributed by atoms with Crippen molar-refractivity contribution < 1.29 is 27.9 Å². The van der Waals surface area contributed by atoms with Gasteiger partial charge in [-0.05, 0) is 47.7 Å². The average Bonchev–Trinajstić information content (AvgIpc) is 2.66. The van der Waals surface area contributed by atoms with E-state index in [2.05, 4.69) is 0 Å². The second-order valence-electron chi connectivity index (χ2n) is 7.10. The van der Waals surface area contributed by atoms with Crippen molar-refractivity contribution >= 4 is 11.9 Å². The van der Waals surface area contributed by atoms with Gasteiger partial charge in [-0.3, -0.25) is 4.79 Å². The second kappa shape index (κ2) is 7.66. The Bertz CT molecular complexity index is 908. The number of carboxylic acids is 1. The molecule has 0 aliphatic carbocycles. The van der Waals surface area contributed by atoms with Crippen LogP contribution in [0.1, 0.15) is 39.5 Å². The molecule has 3 rings (SSSR count). The summed E-state index contributed by atoms with van der Waals surface area (Å²) in [5, 5.41) is 9.13. The van der Waals surface area contributed by atoms with Gasteiger partial charge in [-0.25, -0.2) is 4.79 Å². The highest BCUT2D eigenvalue weighted by molar-refractivity contribution is 5.88. The van der Waals surface area contributed by atoms with Gasteiger partial charge in [-0.1, -0.05) is 31.2 Å². The fourth-order valence-corrected chi connectivity index (χ4v) is 3.51. The molecule has 0 saturated heterocycles. The first-order chi connectivity index (χ1) is 13.1. The number of carbonyl (C=O) groups is 2. The number of benzene rings is 2. The van der Waals surface area contributed by atoms with Crippen molar-refractivity contribution in [3.8, 4) is 0 Å². The molecule has 1 aliphatic rings. The van der Waals surface area contributed by atoms with Crippen molar-refractivity contribution in [3.05, 3.63) is 70.3 Å². The summed E-state index contributed by atoms with van der Waals surface area (Å²) >= 11 is 0. The summed E-state index contributed by atoms with van der Waals surface area (Å²) in [6, 6.07) is 9.92. The molecule has 28 heavy (non-hydrogen) atoms. The summed E-state index contributed by atoms with van der Waals surface area (Å²) in [5.41, 5.74) is 1.72. The molecule has 0 fully saturated rings. The summed E-state index contributed by atoms with van der Waals surface area (Å²) in [6.07, 6.45) is -3.58. The molecule has 1 heterocycles. The molecule has 0 radical (unpaired) electrons. The van der Waals surface area contributed by atoms with Crippen LogP contribution in [0.2, 0.25) is 0 Å². The lowest BCUT2D eigenvalue weighted by Crippen LogP contribution is -2.39. The summed E-state index contributed by atoms with van der Waals surface area (Å²) < 4.78 is 38.6. The Balaban J connectivity index is 1.71. The Labute approximate surface area is 160 Å². The molecule has 2 aromatic carbocycles. The normalized spacial score (nSPS) is 15.1. The van der Waals surface area contributed by atoms with E-state index in [1.54, 1.807) is 36.1 Å². The van der Waals surface area contributed by atoms with E-state index in [0.29, 0.717) is 25.1 Å². The van der Waals surface area contributed by atoms with Crippen LogP contribution in [-0.2, 0) is 30.4 Å². The maximum atomic E-state index is 12.9. The molecule has 4 nitrogen and oxygen atoms in total. The first kappa shape index (κ1) is 19.9. The maximum Gasteiger partial charge on any atom is 0.416 e. The van der Waals surface area contributed by atoms with Crippen LogP contribution in [-0.4, -0.2) is 28.4 Å². The van der Waals surface area contributed by atoms with Crippen LogP contribution in [0.3, 0.4) is 0 Å². The molecule has 0 bridgehead atoms. The summed E-state index contributed by atoms with van der Waals surface area (Å²) in [4.78, 5) is 25.6. The number of amides is 1. The molecule has 0 saturated carbocycles. The van der Waals surface area contributed by atoms with E-state index < -0.39 is 23.6 Å². The second-order valence-corrected chi connectivity index (χ2v) is 7.10. The first-order valence-electron chi connectivity index (χ1n) is 8.95. The first-order valence-corrected chi connectivity index (χ1v) is 8.95. The maximum absolute atomic E-state index is 12.9. The van der Waals surface area contributed by atoms with Crippen molar-refractivity contribution in [3.63, 3.8) is 0 Å². The van der Waals surface area contributed by atoms with Gasteiger partial charge >= 0.3 is 12.1 Å². The Morgan fingerprint density at radius 2 is 1.89 bits per heavy atom. The van der Waals surface area contributed by atoms with Crippen LogP contribution >= 0.6 is 0 Å². The molecule has 1 amide bonds. The number of alkyl halides is 3. The van der Waals surface area contributed by atoms with Crippen molar-refractivity contribution in [2.24, 2.45) is 5.92 Å². The third-order valence-corrected chi connectivity index (χ3v) is 4.99. The smallest absolute Gasteiger partial charge is 0.416 e. The summed E-state index contributed by atoms with van der Waals surface area (Å²) in [6.45, 7) is 2.51. The molecule has 7 heteroatoms. The molecule has 2 aromatic rings. The highest BCUT2D eigenvalue weighted by atomic mass is 19.4. The van der Waals surface area contributed by atoms with E-state index in [1.807, 2.05) is 0 Å². The SMILES string of the molecule is CC(Cc1cccc(C(F)(F)F)c1)C(=O)N1CCc2ccc(C(=O)O)cc2C1. The number of carbonyl (C=O) groups excluding carboxylic acids is 1. The molecule has 148 valence electrons. The number of aromatic carboxylic acids is 1. The number of hydrogen-bond acceptors (Lipinski definition) is 2. The number of halogens is 3. The lowest BCUT2D eigenvalue weighted by Gasteiger charge is -2.31.